The van der Waals surface area contributed by atoms with Crippen molar-refractivity contribution >= 4 is 5.90 Å². The Labute approximate surface area is 78.3 Å². The highest BCUT2D eigenvalue weighted by atomic mass is 16.5. The monoisotopic (exact) mass is 175 g/mol. The minimum Gasteiger partial charge on any atom is -0.479 e. The molecule has 0 unspecified atom stereocenters. The summed E-state index contributed by atoms with van der Waals surface area (Å²) in [6.45, 7) is 3.66. The van der Waals surface area contributed by atoms with E-state index in [4.69, 9.17) is 4.74 Å². The summed E-state index contributed by atoms with van der Waals surface area (Å²) in [5.74, 6) is 0.879. The van der Waals surface area contributed by atoms with E-state index >= 15 is 0 Å². The van der Waals surface area contributed by atoms with Gasteiger partial charge in [0.25, 0.3) is 0 Å². The molecule has 0 fully saturated rings. The van der Waals surface area contributed by atoms with Crippen LogP contribution in [0.1, 0.15) is 11.1 Å². The lowest BCUT2D eigenvalue weighted by Crippen LogP contribution is -2.02. The van der Waals surface area contributed by atoms with Gasteiger partial charge < -0.3 is 4.74 Å². The second-order valence-corrected chi connectivity index (χ2v) is 3.29. The number of aryl methyl sites for hydroxylation is 1. The number of ether oxygens (including phenoxy) is 1. The molecule has 1 aliphatic rings. The fourth-order valence-electron chi connectivity index (χ4n) is 1.37. The zero-order valence-electron chi connectivity index (χ0n) is 7.79. The number of benzene rings is 1. The van der Waals surface area contributed by atoms with E-state index in [-0.39, 0.29) is 0 Å². The van der Waals surface area contributed by atoms with Gasteiger partial charge in [-0.25, -0.2) is 0 Å². The third-order valence-corrected chi connectivity index (χ3v) is 2.12. The molecule has 0 aliphatic carbocycles. The summed E-state index contributed by atoms with van der Waals surface area (Å²) in [6.07, 6.45) is 0.834. The maximum Gasteiger partial charge on any atom is 0.187 e. The van der Waals surface area contributed by atoms with Crippen LogP contribution in [0, 0.1) is 6.92 Å². The first-order chi connectivity index (χ1) is 6.34. The molecule has 2 nitrogen and oxygen atoms in total. The molecule has 68 valence electrons. The van der Waals surface area contributed by atoms with Crippen LogP contribution in [0.2, 0.25) is 0 Å². The Hall–Kier alpha value is -1.31. The first kappa shape index (κ1) is 8.30. The molecule has 0 saturated carbocycles. The highest BCUT2D eigenvalue weighted by Crippen LogP contribution is 2.07. The zero-order valence-corrected chi connectivity index (χ0v) is 7.79. The van der Waals surface area contributed by atoms with Gasteiger partial charge in [-0.1, -0.05) is 29.8 Å². The average Bonchev–Trinajstić information content (AvgIpc) is 2.62. The maximum absolute atomic E-state index is 5.34. The SMILES string of the molecule is Cc1ccc(CC2=NCCO2)cc1. The summed E-state index contributed by atoms with van der Waals surface area (Å²) in [5.41, 5.74) is 2.56. The molecule has 0 radical (unpaired) electrons. The molecular formula is C11H13NO. The van der Waals surface area contributed by atoms with Crippen LogP contribution in [0.5, 0.6) is 0 Å². The lowest BCUT2D eigenvalue weighted by atomic mass is 10.1. The zero-order chi connectivity index (χ0) is 9.10. The predicted molar refractivity (Wildman–Crippen MR) is 53.1 cm³/mol. The van der Waals surface area contributed by atoms with Crippen molar-refractivity contribution in [2.45, 2.75) is 13.3 Å². The first-order valence-electron chi connectivity index (χ1n) is 4.56. The van der Waals surface area contributed by atoms with E-state index in [0.29, 0.717) is 0 Å². The summed E-state index contributed by atoms with van der Waals surface area (Å²) in [6, 6.07) is 8.48. The fourth-order valence-corrected chi connectivity index (χ4v) is 1.37. The number of nitrogens with zero attached hydrogens (tertiary/aromatic N) is 1. The molecule has 13 heavy (non-hydrogen) atoms. The number of rotatable bonds is 2. The van der Waals surface area contributed by atoms with Crippen LogP contribution in [0.3, 0.4) is 0 Å². The van der Waals surface area contributed by atoms with Gasteiger partial charge in [-0.3, -0.25) is 4.99 Å². The minimum atomic E-state index is 0.751. The average molecular weight is 175 g/mol. The molecule has 0 amide bonds. The van der Waals surface area contributed by atoms with E-state index < -0.39 is 0 Å². The molecule has 0 bridgehead atoms. The van der Waals surface area contributed by atoms with Crippen molar-refractivity contribution in [2.75, 3.05) is 13.2 Å². The highest BCUT2D eigenvalue weighted by molar-refractivity contribution is 5.79. The van der Waals surface area contributed by atoms with Crippen LogP contribution < -0.4 is 0 Å². The summed E-state index contributed by atoms with van der Waals surface area (Å²) in [4.78, 5) is 4.25. The number of hydrogen-bond acceptors (Lipinski definition) is 2. The third-order valence-electron chi connectivity index (χ3n) is 2.12. The van der Waals surface area contributed by atoms with Crippen LogP contribution in [0.4, 0.5) is 0 Å². The standard InChI is InChI=1S/C11H13NO/c1-9-2-4-10(5-3-9)8-11-12-6-7-13-11/h2-5H,6-8H2,1H3. The Morgan fingerprint density at radius 2 is 2.08 bits per heavy atom. The van der Waals surface area contributed by atoms with E-state index in [9.17, 15) is 0 Å². The van der Waals surface area contributed by atoms with E-state index in [1.165, 1.54) is 11.1 Å². The van der Waals surface area contributed by atoms with Gasteiger partial charge in [-0.15, -0.1) is 0 Å². The topological polar surface area (TPSA) is 21.6 Å². The molecule has 2 heteroatoms. The van der Waals surface area contributed by atoms with Gasteiger partial charge in [0.05, 0.1) is 6.54 Å². The van der Waals surface area contributed by atoms with Crippen molar-refractivity contribution < 1.29 is 4.74 Å². The van der Waals surface area contributed by atoms with Crippen molar-refractivity contribution in [1.29, 1.82) is 0 Å². The van der Waals surface area contributed by atoms with Gasteiger partial charge in [0.15, 0.2) is 5.90 Å². The Balaban J connectivity index is 2.05. The molecule has 0 spiro atoms. The Morgan fingerprint density at radius 1 is 1.31 bits per heavy atom. The van der Waals surface area contributed by atoms with Crippen LogP contribution in [0.25, 0.3) is 0 Å². The largest absolute Gasteiger partial charge is 0.479 e. The number of hydrogen-bond donors (Lipinski definition) is 0. The molecule has 1 heterocycles. The molecule has 1 aromatic rings. The molecule has 1 aromatic carbocycles. The lowest BCUT2D eigenvalue weighted by Gasteiger charge is -2.01. The van der Waals surface area contributed by atoms with E-state index in [0.717, 1.165) is 25.5 Å². The smallest absolute Gasteiger partial charge is 0.187 e. The molecule has 2 rings (SSSR count). The summed E-state index contributed by atoms with van der Waals surface area (Å²) >= 11 is 0. The maximum atomic E-state index is 5.34. The van der Waals surface area contributed by atoms with Gasteiger partial charge in [0.2, 0.25) is 0 Å². The van der Waals surface area contributed by atoms with Crippen molar-refractivity contribution in [3.63, 3.8) is 0 Å². The third kappa shape index (κ3) is 2.08. The normalized spacial score (nSPS) is 15.3. The first-order valence-corrected chi connectivity index (χ1v) is 4.56. The molecule has 0 saturated heterocycles. The molecule has 0 aromatic heterocycles. The molecule has 0 atom stereocenters. The quantitative estimate of drug-likeness (QED) is 0.673. The fraction of sp³-hybridized carbons (Fsp3) is 0.364. The van der Waals surface area contributed by atoms with E-state index in [1.54, 1.807) is 0 Å². The second kappa shape index (κ2) is 3.60. The van der Waals surface area contributed by atoms with Crippen molar-refractivity contribution in [3.8, 4) is 0 Å². The molecular weight excluding hydrogens is 162 g/mol. The van der Waals surface area contributed by atoms with Crippen LogP contribution in [0.15, 0.2) is 29.3 Å². The minimum absolute atomic E-state index is 0.751. The van der Waals surface area contributed by atoms with E-state index in [2.05, 4.69) is 36.2 Å². The van der Waals surface area contributed by atoms with E-state index in [1.807, 2.05) is 0 Å². The Bertz CT molecular complexity index is 313. The van der Waals surface area contributed by atoms with Gasteiger partial charge >= 0.3 is 0 Å². The summed E-state index contributed by atoms with van der Waals surface area (Å²) in [5, 5.41) is 0. The lowest BCUT2D eigenvalue weighted by molar-refractivity contribution is 0.341. The van der Waals surface area contributed by atoms with Crippen LogP contribution in [-0.2, 0) is 11.2 Å². The Morgan fingerprint density at radius 3 is 2.69 bits per heavy atom. The van der Waals surface area contributed by atoms with Crippen LogP contribution in [-0.4, -0.2) is 19.0 Å². The van der Waals surface area contributed by atoms with Crippen molar-refractivity contribution in [3.05, 3.63) is 35.4 Å². The number of aliphatic imine (C=N–C) groups is 1. The molecule has 0 N–H and O–H groups in total. The molecule has 1 aliphatic heterocycles. The van der Waals surface area contributed by atoms with Gasteiger partial charge in [-0.2, -0.15) is 0 Å². The van der Waals surface area contributed by atoms with Crippen molar-refractivity contribution in [2.24, 2.45) is 4.99 Å². The summed E-state index contributed by atoms with van der Waals surface area (Å²) < 4.78 is 5.34. The predicted octanol–water partition coefficient (Wildman–Crippen LogP) is 1.97. The van der Waals surface area contributed by atoms with Crippen molar-refractivity contribution in [1.82, 2.24) is 0 Å². The van der Waals surface area contributed by atoms with Gasteiger partial charge in [0.1, 0.15) is 6.61 Å². The highest BCUT2D eigenvalue weighted by Gasteiger charge is 2.07. The summed E-state index contributed by atoms with van der Waals surface area (Å²) in [7, 11) is 0. The second-order valence-electron chi connectivity index (χ2n) is 3.29. The van der Waals surface area contributed by atoms with Gasteiger partial charge in [0, 0.05) is 6.42 Å². The Kier molecular flexibility index (Phi) is 2.30. The van der Waals surface area contributed by atoms with Crippen LogP contribution >= 0.6 is 0 Å². The van der Waals surface area contributed by atoms with Gasteiger partial charge in [-0.05, 0) is 12.5 Å².